The van der Waals surface area contributed by atoms with Gasteiger partial charge in [0, 0.05) is 5.56 Å². The third-order valence-corrected chi connectivity index (χ3v) is 3.55. The molecular formula is C15H23NO2. The largest absolute Gasteiger partial charge is 0.488 e. The maximum Gasteiger partial charge on any atom is 0.128 e. The van der Waals surface area contributed by atoms with E-state index < -0.39 is 0 Å². The number of fused-ring (bicyclic) bond motifs is 1. The molecule has 0 saturated heterocycles. The number of benzene rings is 1. The predicted octanol–water partition coefficient (Wildman–Crippen LogP) is 3.27. The number of hydrogen-bond donors (Lipinski definition) is 1. The molecule has 0 aromatic heterocycles. The molecule has 0 bridgehead atoms. The second-order valence-corrected chi connectivity index (χ2v) is 6.05. The Balaban J connectivity index is 2.55. The fraction of sp³-hybridized carbons (Fsp3) is 0.600. The van der Waals surface area contributed by atoms with E-state index in [0.29, 0.717) is 0 Å². The second-order valence-electron chi connectivity index (χ2n) is 6.05. The van der Waals surface area contributed by atoms with Gasteiger partial charge in [0.05, 0.1) is 13.2 Å². The predicted molar refractivity (Wildman–Crippen MR) is 72.9 cm³/mol. The summed E-state index contributed by atoms with van der Waals surface area (Å²) in [6.45, 7) is 10.8. The summed E-state index contributed by atoms with van der Waals surface area (Å²) in [5, 5.41) is 0. The van der Waals surface area contributed by atoms with Crippen LogP contribution in [0.1, 0.15) is 50.4 Å². The molecule has 0 spiro atoms. The average molecular weight is 249 g/mol. The summed E-state index contributed by atoms with van der Waals surface area (Å²) in [6.07, 6.45) is 0.0853. The Morgan fingerprint density at radius 3 is 2.50 bits per heavy atom. The maximum absolute atomic E-state index is 6.07. The Bertz CT molecular complexity index is 449. The number of hydrogen-bond acceptors (Lipinski definition) is 3. The van der Waals surface area contributed by atoms with E-state index >= 15 is 0 Å². The van der Waals surface area contributed by atoms with Gasteiger partial charge in [-0.05, 0) is 30.4 Å². The van der Waals surface area contributed by atoms with Gasteiger partial charge in [-0.25, -0.2) is 0 Å². The van der Waals surface area contributed by atoms with Crippen molar-refractivity contribution in [1.29, 1.82) is 0 Å². The zero-order valence-electron chi connectivity index (χ0n) is 12.1. The molecule has 1 aromatic carbocycles. The normalized spacial score (nSPS) is 22.8. The van der Waals surface area contributed by atoms with Crippen molar-refractivity contribution in [3.63, 3.8) is 0 Å². The highest BCUT2D eigenvalue weighted by atomic mass is 16.6. The van der Waals surface area contributed by atoms with E-state index in [1.54, 1.807) is 7.11 Å². The molecule has 1 N–H and O–H groups in total. The van der Waals surface area contributed by atoms with Crippen molar-refractivity contribution >= 4 is 0 Å². The quantitative estimate of drug-likeness (QED) is 0.816. The van der Waals surface area contributed by atoms with Gasteiger partial charge in [-0.2, -0.15) is 5.48 Å². The smallest absolute Gasteiger partial charge is 0.128 e. The minimum atomic E-state index is 0.0828. The number of nitrogens with one attached hydrogen (secondary N) is 1. The SMILES string of the molecule is CONC1c2c(C)ccc(C(C)(C)C)c2OC1C. The maximum atomic E-state index is 6.07. The lowest BCUT2D eigenvalue weighted by molar-refractivity contribution is 0.0336. The highest BCUT2D eigenvalue weighted by molar-refractivity contribution is 5.53. The fourth-order valence-corrected chi connectivity index (χ4v) is 2.57. The monoisotopic (exact) mass is 249 g/mol. The molecule has 0 amide bonds. The second kappa shape index (κ2) is 4.56. The summed E-state index contributed by atoms with van der Waals surface area (Å²) in [5.41, 5.74) is 6.87. The highest BCUT2D eigenvalue weighted by Crippen LogP contribution is 2.45. The third kappa shape index (κ3) is 2.13. The van der Waals surface area contributed by atoms with E-state index in [4.69, 9.17) is 9.57 Å². The molecule has 3 heteroatoms. The molecule has 1 aromatic rings. The molecule has 1 aliphatic rings. The molecule has 2 atom stereocenters. The van der Waals surface area contributed by atoms with Gasteiger partial charge >= 0.3 is 0 Å². The van der Waals surface area contributed by atoms with E-state index in [0.717, 1.165) is 5.75 Å². The van der Waals surface area contributed by atoms with Crippen molar-refractivity contribution in [3.8, 4) is 5.75 Å². The van der Waals surface area contributed by atoms with E-state index in [1.165, 1.54) is 16.7 Å². The summed E-state index contributed by atoms with van der Waals surface area (Å²) in [7, 11) is 1.65. The van der Waals surface area contributed by atoms with Gasteiger partial charge in [-0.1, -0.05) is 32.9 Å². The summed E-state index contributed by atoms with van der Waals surface area (Å²) in [5.74, 6) is 1.03. The number of aryl methyl sites for hydroxylation is 1. The Morgan fingerprint density at radius 2 is 1.94 bits per heavy atom. The molecule has 3 nitrogen and oxygen atoms in total. The van der Waals surface area contributed by atoms with Crippen LogP contribution in [0.3, 0.4) is 0 Å². The number of rotatable bonds is 2. The Labute approximate surface area is 109 Å². The first-order valence-electron chi connectivity index (χ1n) is 6.45. The van der Waals surface area contributed by atoms with Gasteiger partial charge in [0.15, 0.2) is 0 Å². The molecule has 18 heavy (non-hydrogen) atoms. The van der Waals surface area contributed by atoms with Crippen LogP contribution in [0.4, 0.5) is 0 Å². The molecule has 2 rings (SSSR count). The van der Waals surface area contributed by atoms with E-state index in [-0.39, 0.29) is 17.6 Å². The van der Waals surface area contributed by atoms with Crippen molar-refractivity contribution in [2.24, 2.45) is 0 Å². The molecule has 100 valence electrons. The standard InChI is InChI=1S/C15H23NO2/c1-9-7-8-11(15(3,4)5)14-12(9)13(16-17-6)10(2)18-14/h7-8,10,13,16H,1-6H3. The van der Waals surface area contributed by atoms with Crippen molar-refractivity contribution in [3.05, 3.63) is 28.8 Å². The average Bonchev–Trinajstić information content (AvgIpc) is 2.56. The topological polar surface area (TPSA) is 30.5 Å². The van der Waals surface area contributed by atoms with Crippen LogP contribution in [-0.4, -0.2) is 13.2 Å². The lowest BCUT2D eigenvalue weighted by Crippen LogP contribution is -2.28. The molecular weight excluding hydrogens is 226 g/mol. The zero-order chi connectivity index (χ0) is 13.5. The number of hydroxylamine groups is 1. The first-order chi connectivity index (χ1) is 8.36. The van der Waals surface area contributed by atoms with Gasteiger partial charge in [-0.15, -0.1) is 0 Å². The van der Waals surface area contributed by atoms with Crippen molar-refractivity contribution in [1.82, 2.24) is 5.48 Å². The lowest BCUT2D eigenvalue weighted by Gasteiger charge is -2.22. The molecule has 0 fully saturated rings. The van der Waals surface area contributed by atoms with Gasteiger partial charge in [-0.3, -0.25) is 0 Å². The highest BCUT2D eigenvalue weighted by Gasteiger charge is 2.36. The molecule has 0 radical (unpaired) electrons. The van der Waals surface area contributed by atoms with Crippen LogP contribution >= 0.6 is 0 Å². The number of ether oxygens (including phenoxy) is 1. The van der Waals surface area contributed by atoms with Crippen LogP contribution in [0.2, 0.25) is 0 Å². The van der Waals surface area contributed by atoms with Crippen LogP contribution in [0.5, 0.6) is 5.75 Å². The van der Waals surface area contributed by atoms with Crippen molar-refractivity contribution in [2.45, 2.75) is 52.2 Å². The third-order valence-electron chi connectivity index (χ3n) is 3.55. The molecule has 1 heterocycles. The first-order valence-corrected chi connectivity index (χ1v) is 6.45. The molecule has 1 aliphatic heterocycles. The summed E-state index contributed by atoms with van der Waals surface area (Å²) in [6, 6.07) is 4.45. The van der Waals surface area contributed by atoms with E-state index in [1.807, 2.05) is 0 Å². The summed E-state index contributed by atoms with van der Waals surface area (Å²) >= 11 is 0. The lowest BCUT2D eigenvalue weighted by atomic mass is 9.83. The minimum absolute atomic E-state index is 0.0828. The van der Waals surface area contributed by atoms with Crippen LogP contribution in [0, 0.1) is 6.92 Å². The van der Waals surface area contributed by atoms with Gasteiger partial charge in [0.1, 0.15) is 11.9 Å². The van der Waals surface area contributed by atoms with Crippen LogP contribution in [-0.2, 0) is 10.3 Å². The van der Waals surface area contributed by atoms with E-state index in [2.05, 4.69) is 52.2 Å². The Morgan fingerprint density at radius 1 is 1.28 bits per heavy atom. The molecule has 0 aliphatic carbocycles. The van der Waals surface area contributed by atoms with Crippen LogP contribution in [0.15, 0.2) is 12.1 Å². The summed E-state index contributed by atoms with van der Waals surface area (Å²) in [4.78, 5) is 5.10. The van der Waals surface area contributed by atoms with Gasteiger partial charge in [0.2, 0.25) is 0 Å². The molecule has 0 saturated carbocycles. The molecule has 2 unspecified atom stereocenters. The fourth-order valence-electron chi connectivity index (χ4n) is 2.57. The van der Waals surface area contributed by atoms with Crippen molar-refractivity contribution < 1.29 is 9.57 Å². The summed E-state index contributed by atoms with van der Waals surface area (Å²) < 4.78 is 6.07. The zero-order valence-corrected chi connectivity index (χ0v) is 12.1. The minimum Gasteiger partial charge on any atom is -0.488 e. The van der Waals surface area contributed by atoms with Gasteiger partial charge < -0.3 is 9.57 Å². The first kappa shape index (κ1) is 13.4. The van der Waals surface area contributed by atoms with Crippen molar-refractivity contribution in [2.75, 3.05) is 7.11 Å². The van der Waals surface area contributed by atoms with Crippen LogP contribution in [0.25, 0.3) is 0 Å². The Hall–Kier alpha value is -1.06. The van der Waals surface area contributed by atoms with Gasteiger partial charge in [0.25, 0.3) is 0 Å². The van der Waals surface area contributed by atoms with E-state index in [9.17, 15) is 0 Å². The van der Waals surface area contributed by atoms with Crippen LogP contribution < -0.4 is 10.2 Å². The Kier molecular flexibility index (Phi) is 3.39.